The molecule has 0 atom stereocenters. The number of hydrogen-bond acceptors (Lipinski definition) is 2. The number of nitrogen functional groups attached to an aromatic ring is 1. The average molecular weight is 276 g/mol. The second-order valence-electron chi connectivity index (χ2n) is 4.47. The van der Waals surface area contributed by atoms with Crippen LogP contribution >= 0.6 is 0 Å². The number of carbonyl (C=O) groups excluding carboxylic acids is 1. The van der Waals surface area contributed by atoms with Gasteiger partial charge in [0.05, 0.1) is 5.56 Å². The van der Waals surface area contributed by atoms with Gasteiger partial charge in [-0.2, -0.15) is 0 Å². The Morgan fingerprint density at radius 3 is 2.60 bits per heavy atom. The van der Waals surface area contributed by atoms with Gasteiger partial charge < -0.3 is 11.1 Å². The van der Waals surface area contributed by atoms with Crippen molar-refractivity contribution in [3.8, 4) is 0 Å². The molecule has 3 N–H and O–H groups in total. The first-order valence-electron chi connectivity index (χ1n) is 6.06. The van der Waals surface area contributed by atoms with E-state index in [0.717, 1.165) is 17.7 Å². The summed E-state index contributed by atoms with van der Waals surface area (Å²) in [6.45, 7) is 1.88. The zero-order valence-corrected chi connectivity index (χ0v) is 10.9. The minimum atomic E-state index is -0.938. The van der Waals surface area contributed by atoms with Crippen LogP contribution in [0.5, 0.6) is 0 Å². The topological polar surface area (TPSA) is 55.1 Å². The van der Waals surface area contributed by atoms with Crippen molar-refractivity contribution < 1.29 is 13.6 Å². The van der Waals surface area contributed by atoms with E-state index in [9.17, 15) is 13.6 Å². The molecule has 0 bridgehead atoms. The maximum atomic E-state index is 13.0. The molecule has 0 spiro atoms. The van der Waals surface area contributed by atoms with E-state index in [1.165, 1.54) is 6.07 Å². The summed E-state index contributed by atoms with van der Waals surface area (Å²) in [5.41, 5.74) is 7.78. The second-order valence-corrected chi connectivity index (χ2v) is 4.47. The Balaban J connectivity index is 2.11. The maximum Gasteiger partial charge on any atom is 0.253 e. The van der Waals surface area contributed by atoms with E-state index < -0.39 is 11.6 Å². The minimum Gasteiger partial charge on any atom is -0.398 e. The molecule has 0 fully saturated rings. The van der Waals surface area contributed by atoms with E-state index in [0.29, 0.717) is 16.8 Å². The molecule has 2 rings (SSSR count). The standard InChI is InChI=1S/C15H14F2N2O/c1-9-3-2-4-13(18)14(9)15(20)19-8-10-5-6-11(16)12(17)7-10/h2-7H,8,18H2,1H3,(H,19,20). The van der Waals surface area contributed by atoms with Crippen LogP contribution in [-0.4, -0.2) is 5.91 Å². The Kier molecular flexibility index (Phi) is 3.98. The molecule has 5 heteroatoms. The number of benzene rings is 2. The first-order chi connectivity index (χ1) is 9.49. The van der Waals surface area contributed by atoms with Crippen LogP contribution in [0.1, 0.15) is 21.5 Å². The molecular weight excluding hydrogens is 262 g/mol. The van der Waals surface area contributed by atoms with E-state index in [-0.39, 0.29) is 12.5 Å². The minimum absolute atomic E-state index is 0.101. The molecule has 0 heterocycles. The molecule has 0 aromatic heterocycles. The van der Waals surface area contributed by atoms with Crippen molar-refractivity contribution in [3.05, 3.63) is 64.7 Å². The van der Waals surface area contributed by atoms with Gasteiger partial charge in [-0.3, -0.25) is 4.79 Å². The van der Waals surface area contributed by atoms with Crippen LogP contribution in [0.2, 0.25) is 0 Å². The second kappa shape index (κ2) is 5.69. The quantitative estimate of drug-likeness (QED) is 0.847. The normalized spacial score (nSPS) is 10.3. The average Bonchev–Trinajstić information content (AvgIpc) is 2.40. The van der Waals surface area contributed by atoms with Crippen molar-refractivity contribution in [1.82, 2.24) is 5.32 Å². The Labute approximate surface area is 115 Å². The zero-order valence-electron chi connectivity index (χ0n) is 10.9. The highest BCUT2D eigenvalue weighted by Gasteiger charge is 2.12. The van der Waals surface area contributed by atoms with Crippen LogP contribution < -0.4 is 11.1 Å². The summed E-state index contributed by atoms with van der Waals surface area (Å²) >= 11 is 0. The summed E-state index contributed by atoms with van der Waals surface area (Å²) in [6.07, 6.45) is 0. The monoisotopic (exact) mass is 276 g/mol. The van der Waals surface area contributed by atoms with Gasteiger partial charge >= 0.3 is 0 Å². The van der Waals surface area contributed by atoms with Crippen molar-refractivity contribution in [1.29, 1.82) is 0 Å². The van der Waals surface area contributed by atoms with E-state index in [2.05, 4.69) is 5.32 Å². The number of anilines is 1. The summed E-state index contributed by atoms with van der Waals surface area (Å²) in [6, 6.07) is 8.68. The zero-order chi connectivity index (χ0) is 14.7. The molecule has 20 heavy (non-hydrogen) atoms. The van der Waals surface area contributed by atoms with Gasteiger partial charge in [0, 0.05) is 12.2 Å². The van der Waals surface area contributed by atoms with E-state index in [1.54, 1.807) is 25.1 Å². The van der Waals surface area contributed by atoms with Gasteiger partial charge in [-0.15, -0.1) is 0 Å². The van der Waals surface area contributed by atoms with Gasteiger partial charge in [0.1, 0.15) is 0 Å². The number of nitrogens with two attached hydrogens (primary N) is 1. The highest BCUT2D eigenvalue weighted by atomic mass is 19.2. The molecule has 0 unspecified atom stereocenters. The lowest BCUT2D eigenvalue weighted by atomic mass is 10.1. The van der Waals surface area contributed by atoms with Crippen molar-refractivity contribution in [2.24, 2.45) is 0 Å². The summed E-state index contributed by atoms with van der Waals surface area (Å²) in [7, 11) is 0. The Morgan fingerprint density at radius 2 is 1.95 bits per heavy atom. The van der Waals surface area contributed by atoms with Gasteiger partial charge in [-0.05, 0) is 36.2 Å². The fourth-order valence-electron chi connectivity index (χ4n) is 1.92. The van der Waals surface area contributed by atoms with E-state index in [1.807, 2.05) is 0 Å². The van der Waals surface area contributed by atoms with Crippen LogP contribution in [0.15, 0.2) is 36.4 Å². The molecule has 0 saturated heterocycles. The van der Waals surface area contributed by atoms with Crippen LogP contribution in [0, 0.1) is 18.6 Å². The number of nitrogens with one attached hydrogen (secondary N) is 1. The number of aryl methyl sites for hydroxylation is 1. The van der Waals surface area contributed by atoms with Gasteiger partial charge in [0.15, 0.2) is 11.6 Å². The first kappa shape index (κ1) is 14.0. The third kappa shape index (κ3) is 2.93. The third-order valence-corrected chi connectivity index (χ3v) is 2.97. The van der Waals surface area contributed by atoms with Crippen LogP contribution in [0.3, 0.4) is 0 Å². The van der Waals surface area contributed by atoms with E-state index >= 15 is 0 Å². The van der Waals surface area contributed by atoms with Gasteiger partial charge in [-0.25, -0.2) is 8.78 Å². The number of carbonyl (C=O) groups is 1. The van der Waals surface area contributed by atoms with E-state index in [4.69, 9.17) is 5.73 Å². The molecule has 0 saturated carbocycles. The summed E-state index contributed by atoms with van der Waals surface area (Å²) in [5.74, 6) is -2.19. The predicted molar refractivity (Wildman–Crippen MR) is 73.1 cm³/mol. The van der Waals surface area contributed by atoms with Crippen LogP contribution in [0.4, 0.5) is 14.5 Å². The SMILES string of the molecule is Cc1cccc(N)c1C(=O)NCc1ccc(F)c(F)c1. The smallest absolute Gasteiger partial charge is 0.253 e. The van der Waals surface area contributed by atoms with Gasteiger partial charge in [0.25, 0.3) is 5.91 Å². The Morgan fingerprint density at radius 1 is 1.20 bits per heavy atom. The highest BCUT2D eigenvalue weighted by Crippen LogP contribution is 2.16. The maximum absolute atomic E-state index is 13.0. The van der Waals surface area contributed by atoms with Gasteiger partial charge in [0.2, 0.25) is 0 Å². The van der Waals surface area contributed by atoms with Crippen LogP contribution in [-0.2, 0) is 6.54 Å². The molecule has 3 nitrogen and oxygen atoms in total. The van der Waals surface area contributed by atoms with Crippen molar-refractivity contribution in [2.45, 2.75) is 13.5 Å². The lowest BCUT2D eigenvalue weighted by molar-refractivity contribution is 0.0951. The Hall–Kier alpha value is -2.43. The summed E-state index contributed by atoms with van der Waals surface area (Å²) in [5, 5.41) is 2.64. The van der Waals surface area contributed by atoms with Crippen molar-refractivity contribution >= 4 is 11.6 Å². The fraction of sp³-hybridized carbons (Fsp3) is 0.133. The molecule has 2 aromatic carbocycles. The molecule has 0 aliphatic rings. The number of halogens is 2. The summed E-state index contributed by atoms with van der Waals surface area (Å²) < 4.78 is 25.8. The number of rotatable bonds is 3. The highest BCUT2D eigenvalue weighted by molar-refractivity contribution is 6.00. The molecule has 0 aliphatic carbocycles. The van der Waals surface area contributed by atoms with Crippen LogP contribution in [0.25, 0.3) is 0 Å². The molecule has 1 amide bonds. The van der Waals surface area contributed by atoms with Gasteiger partial charge in [-0.1, -0.05) is 18.2 Å². The van der Waals surface area contributed by atoms with Crippen molar-refractivity contribution in [3.63, 3.8) is 0 Å². The molecule has 104 valence electrons. The lowest BCUT2D eigenvalue weighted by Crippen LogP contribution is -2.24. The molecular formula is C15H14F2N2O. The Bertz CT molecular complexity index is 636. The largest absolute Gasteiger partial charge is 0.398 e. The lowest BCUT2D eigenvalue weighted by Gasteiger charge is -2.10. The predicted octanol–water partition coefficient (Wildman–Crippen LogP) is 2.79. The molecule has 2 aromatic rings. The fourth-order valence-corrected chi connectivity index (χ4v) is 1.92. The van der Waals surface area contributed by atoms with Crippen molar-refractivity contribution in [2.75, 3.05) is 5.73 Å². The number of amides is 1. The summed E-state index contributed by atoms with van der Waals surface area (Å²) in [4.78, 5) is 12.1. The third-order valence-electron chi connectivity index (χ3n) is 2.97. The first-order valence-corrected chi connectivity index (χ1v) is 6.06. The molecule has 0 aliphatic heterocycles. The molecule has 0 radical (unpaired) electrons. The number of hydrogen-bond donors (Lipinski definition) is 2.